The van der Waals surface area contributed by atoms with E-state index in [9.17, 15) is 0 Å². The lowest BCUT2D eigenvalue weighted by atomic mass is 9.97. The summed E-state index contributed by atoms with van der Waals surface area (Å²) in [4.78, 5) is 2.68. The first-order valence-corrected chi connectivity index (χ1v) is 8.06. The summed E-state index contributed by atoms with van der Waals surface area (Å²) < 4.78 is 0. The lowest BCUT2D eigenvalue weighted by Gasteiger charge is -2.41. The molecule has 1 N–H and O–H groups in total. The molecule has 0 aromatic heterocycles. The highest BCUT2D eigenvalue weighted by Gasteiger charge is 2.27. The molecule has 96 valence electrons. The van der Waals surface area contributed by atoms with E-state index in [4.69, 9.17) is 0 Å². The summed E-state index contributed by atoms with van der Waals surface area (Å²) in [6.07, 6.45) is 6.09. The number of thioether (sulfide) groups is 1. The Morgan fingerprint density at radius 2 is 2.25 bits per heavy atom. The van der Waals surface area contributed by atoms with Crippen LogP contribution in [0.4, 0.5) is 0 Å². The summed E-state index contributed by atoms with van der Waals surface area (Å²) in [5.41, 5.74) is 0. The maximum absolute atomic E-state index is 3.66. The molecule has 0 aromatic carbocycles. The minimum absolute atomic E-state index is 0.733. The molecule has 0 spiro atoms. The maximum atomic E-state index is 3.66. The standard InChI is InChI=1S/C13H28N2S/c1-5-7-14-13-6-8-15(11(2)9-13)12(3)10-16-4/h11-14H,5-10H2,1-4H3. The molecule has 0 radical (unpaired) electrons. The summed E-state index contributed by atoms with van der Waals surface area (Å²) in [7, 11) is 0. The molecular formula is C13H28N2S. The van der Waals surface area contributed by atoms with Crippen LogP contribution in [-0.2, 0) is 0 Å². The third-order valence-electron chi connectivity index (χ3n) is 3.58. The van der Waals surface area contributed by atoms with E-state index in [2.05, 4.69) is 37.2 Å². The molecule has 0 amide bonds. The van der Waals surface area contributed by atoms with Gasteiger partial charge in [0.1, 0.15) is 0 Å². The quantitative estimate of drug-likeness (QED) is 0.773. The van der Waals surface area contributed by atoms with Crippen LogP contribution in [0.25, 0.3) is 0 Å². The normalized spacial score (nSPS) is 29.2. The van der Waals surface area contributed by atoms with Gasteiger partial charge in [-0.2, -0.15) is 11.8 Å². The predicted octanol–water partition coefficient (Wildman–Crippen LogP) is 2.59. The van der Waals surface area contributed by atoms with Crippen molar-refractivity contribution < 1.29 is 0 Å². The molecule has 1 heterocycles. The van der Waals surface area contributed by atoms with Crippen LogP contribution in [0.2, 0.25) is 0 Å². The van der Waals surface area contributed by atoms with Gasteiger partial charge in [-0.1, -0.05) is 6.92 Å². The number of rotatable bonds is 6. The molecule has 1 aliphatic rings. The zero-order valence-electron chi connectivity index (χ0n) is 11.3. The molecule has 2 nitrogen and oxygen atoms in total. The molecule has 0 saturated carbocycles. The summed E-state index contributed by atoms with van der Waals surface area (Å²) in [6, 6.07) is 2.23. The lowest BCUT2D eigenvalue weighted by molar-refractivity contribution is 0.106. The minimum Gasteiger partial charge on any atom is -0.314 e. The van der Waals surface area contributed by atoms with Gasteiger partial charge >= 0.3 is 0 Å². The molecule has 0 aromatic rings. The Kier molecular flexibility index (Phi) is 6.78. The second-order valence-electron chi connectivity index (χ2n) is 5.07. The SMILES string of the molecule is CCCNC1CCN(C(C)CSC)C(C)C1. The zero-order valence-corrected chi connectivity index (χ0v) is 12.1. The Hall–Kier alpha value is 0.270. The van der Waals surface area contributed by atoms with Gasteiger partial charge in [-0.25, -0.2) is 0 Å². The Labute approximate surface area is 106 Å². The average Bonchev–Trinajstić information content (AvgIpc) is 2.26. The maximum Gasteiger partial charge on any atom is 0.0160 e. The zero-order chi connectivity index (χ0) is 12.0. The van der Waals surface area contributed by atoms with Gasteiger partial charge < -0.3 is 5.32 Å². The fourth-order valence-electron chi connectivity index (χ4n) is 2.72. The van der Waals surface area contributed by atoms with E-state index in [-0.39, 0.29) is 0 Å². The second-order valence-corrected chi connectivity index (χ2v) is 5.98. The molecule has 3 atom stereocenters. The predicted molar refractivity (Wildman–Crippen MR) is 75.3 cm³/mol. The molecule has 1 fully saturated rings. The molecule has 3 heteroatoms. The molecule has 3 unspecified atom stereocenters. The van der Waals surface area contributed by atoms with Crippen LogP contribution >= 0.6 is 11.8 Å². The highest BCUT2D eigenvalue weighted by Crippen LogP contribution is 2.21. The summed E-state index contributed by atoms with van der Waals surface area (Å²) >= 11 is 1.96. The van der Waals surface area contributed by atoms with Crippen molar-refractivity contribution in [3.8, 4) is 0 Å². The molecule has 16 heavy (non-hydrogen) atoms. The van der Waals surface area contributed by atoms with Gasteiger partial charge in [-0.3, -0.25) is 4.90 Å². The first kappa shape index (κ1) is 14.3. The Morgan fingerprint density at radius 1 is 1.50 bits per heavy atom. The van der Waals surface area contributed by atoms with Gasteiger partial charge in [0, 0.05) is 30.4 Å². The fourth-order valence-corrected chi connectivity index (χ4v) is 3.39. The molecular weight excluding hydrogens is 216 g/mol. The monoisotopic (exact) mass is 244 g/mol. The first-order chi connectivity index (χ1) is 7.69. The van der Waals surface area contributed by atoms with Crippen molar-refractivity contribution in [2.45, 2.75) is 58.2 Å². The highest BCUT2D eigenvalue weighted by molar-refractivity contribution is 7.98. The van der Waals surface area contributed by atoms with Crippen molar-refractivity contribution >= 4 is 11.8 Å². The van der Waals surface area contributed by atoms with Crippen molar-refractivity contribution in [1.29, 1.82) is 0 Å². The van der Waals surface area contributed by atoms with E-state index < -0.39 is 0 Å². The third-order valence-corrected chi connectivity index (χ3v) is 4.40. The lowest BCUT2D eigenvalue weighted by Crippen LogP contribution is -2.51. The fraction of sp³-hybridized carbons (Fsp3) is 1.00. The number of likely N-dealkylation sites (tertiary alicyclic amines) is 1. The van der Waals surface area contributed by atoms with Gasteiger partial charge in [0.15, 0.2) is 0 Å². The Morgan fingerprint density at radius 3 is 2.81 bits per heavy atom. The topological polar surface area (TPSA) is 15.3 Å². The van der Waals surface area contributed by atoms with Crippen LogP contribution < -0.4 is 5.32 Å². The minimum atomic E-state index is 0.733. The highest BCUT2D eigenvalue weighted by atomic mass is 32.2. The van der Waals surface area contributed by atoms with Gasteiger partial charge in [0.2, 0.25) is 0 Å². The Balaban J connectivity index is 2.33. The van der Waals surface area contributed by atoms with Crippen molar-refractivity contribution in [2.24, 2.45) is 0 Å². The van der Waals surface area contributed by atoms with Crippen molar-refractivity contribution in [1.82, 2.24) is 10.2 Å². The van der Waals surface area contributed by atoms with E-state index in [1.54, 1.807) is 0 Å². The molecule has 1 rings (SSSR count). The van der Waals surface area contributed by atoms with E-state index >= 15 is 0 Å². The van der Waals surface area contributed by atoms with Crippen LogP contribution in [0.5, 0.6) is 0 Å². The number of hydrogen-bond acceptors (Lipinski definition) is 3. The van der Waals surface area contributed by atoms with Crippen LogP contribution in [-0.4, -0.2) is 48.1 Å². The van der Waals surface area contributed by atoms with Crippen LogP contribution in [0, 0.1) is 0 Å². The summed E-state index contributed by atoms with van der Waals surface area (Å²) in [6.45, 7) is 9.44. The Bertz CT molecular complexity index is 187. The van der Waals surface area contributed by atoms with Crippen LogP contribution in [0.1, 0.15) is 40.0 Å². The summed E-state index contributed by atoms with van der Waals surface area (Å²) in [5, 5.41) is 3.66. The molecule has 1 aliphatic heterocycles. The average molecular weight is 244 g/mol. The van der Waals surface area contributed by atoms with Crippen molar-refractivity contribution in [2.75, 3.05) is 25.1 Å². The van der Waals surface area contributed by atoms with Gasteiger partial charge in [-0.05, 0) is 45.9 Å². The number of hydrogen-bond donors (Lipinski definition) is 1. The second kappa shape index (κ2) is 7.57. The smallest absolute Gasteiger partial charge is 0.0160 e. The first-order valence-electron chi connectivity index (χ1n) is 6.67. The van der Waals surface area contributed by atoms with Gasteiger partial charge in [0.25, 0.3) is 0 Å². The van der Waals surface area contributed by atoms with Gasteiger partial charge in [0.05, 0.1) is 0 Å². The van der Waals surface area contributed by atoms with Crippen LogP contribution in [0.15, 0.2) is 0 Å². The van der Waals surface area contributed by atoms with Gasteiger partial charge in [-0.15, -0.1) is 0 Å². The van der Waals surface area contributed by atoms with E-state index in [0.29, 0.717) is 0 Å². The van der Waals surface area contributed by atoms with E-state index in [1.165, 1.54) is 38.1 Å². The van der Waals surface area contributed by atoms with Crippen molar-refractivity contribution in [3.05, 3.63) is 0 Å². The summed E-state index contributed by atoms with van der Waals surface area (Å²) in [5.74, 6) is 1.26. The van der Waals surface area contributed by atoms with E-state index in [0.717, 1.165) is 18.1 Å². The third kappa shape index (κ3) is 4.27. The molecule has 0 aliphatic carbocycles. The number of piperidine rings is 1. The molecule has 1 saturated heterocycles. The number of nitrogens with zero attached hydrogens (tertiary/aromatic N) is 1. The van der Waals surface area contributed by atoms with E-state index in [1.807, 2.05) is 11.8 Å². The molecule has 0 bridgehead atoms. The van der Waals surface area contributed by atoms with Crippen LogP contribution in [0.3, 0.4) is 0 Å². The van der Waals surface area contributed by atoms with Crippen molar-refractivity contribution in [3.63, 3.8) is 0 Å². The largest absolute Gasteiger partial charge is 0.314 e. The number of nitrogens with one attached hydrogen (secondary N) is 1.